The lowest BCUT2D eigenvalue weighted by Gasteiger charge is -2.44. The van der Waals surface area contributed by atoms with Crippen LogP contribution < -0.4 is 0 Å². The summed E-state index contributed by atoms with van der Waals surface area (Å²) in [6.45, 7) is 6.34. The number of hydrogen-bond acceptors (Lipinski definition) is 3. The lowest BCUT2D eigenvalue weighted by Crippen LogP contribution is -2.46. The quantitative estimate of drug-likeness (QED) is 0.728. The van der Waals surface area contributed by atoms with Gasteiger partial charge in [-0.05, 0) is 56.9 Å². The zero-order valence-corrected chi connectivity index (χ0v) is 13.6. The molecule has 4 heteroatoms. The molecule has 2 aliphatic rings. The Morgan fingerprint density at radius 3 is 2.75 bits per heavy atom. The van der Waals surface area contributed by atoms with E-state index in [0.717, 1.165) is 17.3 Å². The second-order valence-corrected chi connectivity index (χ2v) is 7.64. The van der Waals surface area contributed by atoms with Crippen LogP contribution in [-0.4, -0.2) is 11.6 Å². The summed E-state index contributed by atoms with van der Waals surface area (Å²) in [6.07, 6.45) is 1.47. The van der Waals surface area contributed by atoms with Gasteiger partial charge in [-0.25, -0.2) is 0 Å². The van der Waals surface area contributed by atoms with Gasteiger partial charge >= 0.3 is 5.97 Å². The highest BCUT2D eigenvalue weighted by atomic mass is 79.9. The molecular formula is C16H19BrO3. The zero-order chi connectivity index (χ0) is 14.5. The van der Waals surface area contributed by atoms with Gasteiger partial charge in [0, 0.05) is 4.47 Å². The number of rotatable bonds is 1. The van der Waals surface area contributed by atoms with Crippen LogP contribution in [0.3, 0.4) is 0 Å². The van der Waals surface area contributed by atoms with Crippen molar-refractivity contribution in [2.24, 2.45) is 5.92 Å². The van der Waals surface area contributed by atoms with E-state index in [-0.39, 0.29) is 17.5 Å². The highest BCUT2D eigenvalue weighted by molar-refractivity contribution is 9.10. The fourth-order valence-corrected chi connectivity index (χ4v) is 3.45. The number of benzene rings is 1. The van der Waals surface area contributed by atoms with Gasteiger partial charge in [0.1, 0.15) is 5.60 Å². The van der Waals surface area contributed by atoms with Gasteiger partial charge in [0.15, 0.2) is 0 Å². The lowest BCUT2D eigenvalue weighted by molar-refractivity contribution is -0.183. The highest BCUT2D eigenvalue weighted by Crippen LogP contribution is 2.54. The number of ether oxygens (including phenoxy) is 2. The Bertz CT molecular complexity index is 553. The van der Waals surface area contributed by atoms with Gasteiger partial charge < -0.3 is 9.47 Å². The molecule has 1 aromatic carbocycles. The molecule has 1 aliphatic heterocycles. The monoisotopic (exact) mass is 338 g/mol. The number of carbonyl (C=O) groups excluding carboxylic acids is 1. The van der Waals surface area contributed by atoms with Crippen molar-refractivity contribution in [3.05, 3.63) is 33.8 Å². The molecule has 3 rings (SSSR count). The lowest BCUT2D eigenvalue weighted by atomic mass is 9.67. The van der Waals surface area contributed by atoms with E-state index in [2.05, 4.69) is 28.1 Å². The van der Waals surface area contributed by atoms with Crippen LogP contribution in [0.5, 0.6) is 0 Å². The zero-order valence-electron chi connectivity index (χ0n) is 12.0. The van der Waals surface area contributed by atoms with Crippen LogP contribution in [0.15, 0.2) is 22.7 Å². The van der Waals surface area contributed by atoms with E-state index in [1.165, 1.54) is 11.1 Å². The largest absolute Gasteiger partial charge is 0.460 e. The number of esters is 1. The van der Waals surface area contributed by atoms with Gasteiger partial charge in [-0.3, -0.25) is 4.79 Å². The third-order valence-corrected chi connectivity index (χ3v) is 4.45. The Morgan fingerprint density at radius 2 is 2.10 bits per heavy atom. The van der Waals surface area contributed by atoms with Gasteiger partial charge in [-0.15, -0.1) is 0 Å². The first-order valence-electron chi connectivity index (χ1n) is 6.95. The summed E-state index contributed by atoms with van der Waals surface area (Å²) in [6, 6.07) is 6.25. The van der Waals surface area contributed by atoms with Gasteiger partial charge in [-0.2, -0.15) is 0 Å². The first-order valence-corrected chi connectivity index (χ1v) is 7.74. The van der Waals surface area contributed by atoms with Crippen molar-refractivity contribution in [1.82, 2.24) is 0 Å². The molecule has 0 aromatic heterocycles. The van der Waals surface area contributed by atoms with E-state index in [9.17, 15) is 4.79 Å². The molecule has 1 fully saturated rings. The summed E-state index contributed by atoms with van der Waals surface area (Å²) in [5, 5.41) is 0. The molecule has 108 valence electrons. The Morgan fingerprint density at radius 1 is 1.40 bits per heavy atom. The van der Waals surface area contributed by atoms with Crippen molar-refractivity contribution >= 4 is 21.9 Å². The van der Waals surface area contributed by atoms with Crippen LogP contribution in [0, 0.1) is 5.92 Å². The van der Waals surface area contributed by atoms with Crippen molar-refractivity contribution < 1.29 is 14.3 Å². The smallest absolute Gasteiger partial charge is 0.309 e. The van der Waals surface area contributed by atoms with E-state index < -0.39 is 5.60 Å². The van der Waals surface area contributed by atoms with E-state index in [0.29, 0.717) is 6.61 Å². The molecule has 1 saturated carbocycles. The maximum absolute atomic E-state index is 12.1. The molecule has 0 saturated heterocycles. The highest BCUT2D eigenvalue weighted by Gasteiger charge is 2.54. The van der Waals surface area contributed by atoms with Crippen molar-refractivity contribution in [2.75, 3.05) is 0 Å². The van der Waals surface area contributed by atoms with Crippen LogP contribution >= 0.6 is 15.9 Å². The van der Waals surface area contributed by atoms with Crippen LogP contribution in [0.1, 0.15) is 44.7 Å². The maximum atomic E-state index is 12.1. The Kier molecular flexibility index (Phi) is 3.22. The minimum absolute atomic E-state index is 0.0381. The van der Waals surface area contributed by atoms with Gasteiger partial charge in [0.25, 0.3) is 0 Å². The molecule has 3 nitrogen and oxygen atoms in total. The maximum Gasteiger partial charge on any atom is 0.309 e. The molecule has 0 bridgehead atoms. The normalized spacial score (nSPS) is 28.1. The van der Waals surface area contributed by atoms with E-state index >= 15 is 0 Å². The average Bonchev–Trinajstić information content (AvgIpc) is 2.62. The molecular weight excluding hydrogens is 320 g/mol. The van der Waals surface area contributed by atoms with Gasteiger partial charge in [0.05, 0.1) is 18.1 Å². The second-order valence-electron chi connectivity index (χ2n) is 6.72. The van der Waals surface area contributed by atoms with Crippen LogP contribution in [0.25, 0.3) is 0 Å². The molecule has 0 unspecified atom stereocenters. The molecule has 0 radical (unpaired) electrons. The van der Waals surface area contributed by atoms with Crippen molar-refractivity contribution in [3.63, 3.8) is 0 Å². The number of halogens is 1. The number of hydrogen-bond donors (Lipinski definition) is 0. The Hall–Kier alpha value is -0.870. The molecule has 20 heavy (non-hydrogen) atoms. The first-order chi connectivity index (χ1) is 9.29. The summed E-state index contributed by atoms with van der Waals surface area (Å²) >= 11 is 3.48. The topological polar surface area (TPSA) is 35.5 Å². The molecule has 0 N–H and O–H groups in total. The van der Waals surface area contributed by atoms with Gasteiger partial charge in [-0.1, -0.05) is 22.0 Å². The predicted molar refractivity (Wildman–Crippen MR) is 79.2 cm³/mol. The minimum atomic E-state index is -0.418. The first kappa shape index (κ1) is 14.1. The summed E-state index contributed by atoms with van der Waals surface area (Å²) < 4.78 is 12.5. The Labute approximate surface area is 127 Å². The fraction of sp³-hybridized carbons (Fsp3) is 0.562. The minimum Gasteiger partial charge on any atom is -0.460 e. The summed E-state index contributed by atoms with van der Waals surface area (Å²) in [5.41, 5.74) is 1.79. The fourth-order valence-electron chi connectivity index (χ4n) is 3.05. The predicted octanol–water partition coefficient (Wildman–Crippen LogP) is 3.93. The number of fused-ring (bicyclic) bond motifs is 2. The molecule has 1 aromatic rings. The molecule has 1 aliphatic carbocycles. The van der Waals surface area contributed by atoms with Crippen LogP contribution in [-0.2, 0) is 26.5 Å². The SMILES string of the molecule is CC(C)(C)OC(=O)C1CC2(C1)OCc1cc(Br)ccc12. The summed E-state index contributed by atoms with van der Waals surface area (Å²) in [4.78, 5) is 12.1. The third kappa shape index (κ3) is 2.40. The van der Waals surface area contributed by atoms with Crippen molar-refractivity contribution in [2.45, 2.75) is 51.4 Å². The van der Waals surface area contributed by atoms with Crippen molar-refractivity contribution in [3.8, 4) is 0 Å². The van der Waals surface area contributed by atoms with Gasteiger partial charge in [0.2, 0.25) is 0 Å². The third-order valence-electron chi connectivity index (χ3n) is 3.95. The second kappa shape index (κ2) is 4.57. The van der Waals surface area contributed by atoms with E-state index in [4.69, 9.17) is 9.47 Å². The van der Waals surface area contributed by atoms with Crippen LogP contribution in [0.4, 0.5) is 0 Å². The summed E-state index contributed by atoms with van der Waals surface area (Å²) in [7, 11) is 0. The van der Waals surface area contributed by atoms with E-state index in [1.54, 1.807) is 0 Å². The average molecular weight is 339 g/mol. The summed E-state index contributed by atoms with van der Waals surface area (Å²) in [5.74, 6) is -0.138. The standard InChI is InChI=1S/C16H19BrO3/c1-15(2,3)20-14(18)11-7-16(8-11)13-5-4-12(17)6-10(13)9-19-16/h4-6,11H,7-9H2,1-3H3. The molecule has 0 amide bonds. The molecule has 1 spiro atoms. The van der Waals surface area contributed by atoms with Crippen molar-refractivity contribution in [1.29, 1.82) is 0 Å². The van der Waals surface area contributed by atoms with Crippen LogP contribution in [0.2, 0.25) is 0 Å². The molecule has 0 atom stereocenters. The number of carbonyl (C=O) groups is 1. The van der Waals surface area contributed by atoms with E-state index in [1.807, 2.05) is 26.8 Å². The molecule has 1 heterocycles. The Balaban J connectivity index is 1.71.